The maximum Gasteiger partial charge on any atom is 0.326 e. The van der Waals surface area contributed by atoms with Gasteiger partial charge in [-0.3, -0.25) is 4.79 Å². The molecule has 5 heteroatoms. The van der Waals surface area contributed by atoms with Crippen molar-refractivity contribution in [1.29, 1.82) is 0 Å². The molecule has 0 heterocycles. The van der Waals surface area contributed by atoms with Gasteiger partial charge in [-0.15, -0.1) is 0 Å². The van der Waals surface area contributed by atoms with Gasteiger partial charge in [-0.25, -0.2) is 4.79 Å². The minimum absolute atomic E-state index is 0.104. The van der Waals surface area contributed by atoms with Crippen LogP contribution in [0.3, 0.4) is 0 Å². The second-order valence-electron chi connectivity index (χ2n) is 4.15. The molecule has 98 valence electrons. The Bertz CT molecular complexity index is 448. The Morgan fingerprint density at radius 2 is 2.00 bits per heavy atom. The molecule has 1 amide bonds. The summed E-state index contributed by atoms with van der Waals surface area (Å²) in [6, 6.07) is 6.25. The molecule has 0 aliphatic heterocycles. The van der Waals surface area contributed by atoms with Gasteiger partial charge >= 0.3 is 5.97 Å². The van der Waals surface area contributed by atoms with Gasteiger partial charge in [0.05, 0.1) is 5.56 Å². The lowest BCUT2D eigenvalue weighted by atomic mass is 9.99. The maximum atomic E-state index is 12.0. The number of rotatable bonds is 5. The first-order chi connectivity index (χ1) is 8.47. The van der Waals surface area contributed by atoms with Crippen LogP contribution in [0, 0.1) is 9.49 Å². The van der Waals surface area contributed by atoms with Gasteiger partial charge in [0.2, 0.25) is 0 Å². The van der Waals surface area contributed by atoms with Crippen molar-refractivity contribution in [2.45, 2.75) is 26.3 Å². The molecule has 0 aliphatic carbocycles. The topological polar surface area (TPSA) is 66.4 Å². The number of carbonyl (C=O) groups excluding carboxylic acids is 1. The van der Waals surface area contributed by atoms with Gasteiger partial charge in [-0.05, 0) is 40.6 Å². The molecule has 2 N–H and O–H groups in total. The van der Waals surface area contributed by atoms with E-state index in [0.717, 1.165) is 3.57 Å². The molecule has 0 aliphatic rings. The fourth-order valence-corrected chi connectivity index (χ4v) is 2.18. The Morgan fingerprint density at radius 1 is 1.39 bits per heavy atom. The number of amides is 1. The first kappa shape index (κ1) is 14.9. The molecule has 0 bridgehead atoms. The SMILES string of the molecule is CCC(C)[C@H](NC(=O)c1ccccc1I)C(=O)O. The Hall–Kier alpha value is -1.11. The van der Waals surface area contributed by atoms with Crippen LogP contribution >= 0.6 is 22.6 Å². The third-order valence-electron chi connectivity index (χ3n) is 2.88. The lowest BCUT2D eigenvalue weighted by Crippen LogP contribution is -2.45. The molecule has 2 atom stereocenters. The first-order valence-corrected chi connectivity index (χ1v) is 6.83. The third-order valence-corrected chi connectivity index (χ3v) is 3.82. The third kappa shape index (κ3) is 3.69. The van der Waals surface area contributed by atoms with Crippen LogP contribution in [0.25, 0.3) is 0 Å². The van der Waals surface area contributed by atoms with Gasteiger partial charge in [0.25, 0.3) is 5.91 Å². The van der Waals surface area contributed by atoms with Crippen molar-refractivity contribution in [2.24, 2.45) is 5.92 Å². The summed E-state index contributed by atoms with van der Waals surface area (Å²) in [5.41, 5.74) is 0.507. The Labute approximate surface area is 120 Å². The highest BCUT2D eigenvalue weighted by Gasteiger charge is 2.26. The molecular formula is C13H16INO3. The fraction of sp³-hybridized carbons (Fsp3) is 0.385. The zero-order valence-electron chi connectivity index (χ0n) is 10.3. The lowest BCUT2D eigenvalue weighted by Gasteiger charge is -2.20. The number of benzene rings is 1. The summed E-state index contributed by atoms with van der Waals surface area (Å²) in [6.07, 6.45) is 0.698. The van der Waals surface area contributed by atoms with Crippen LogP contribution in [-0.2, 0) is 4.79 Å². The highest BCUT2D eigenvalue weighted by atomic mass is 127. The fourth-order valence-electron chi connectivity index (χ4n) is 1.55. The second kappa shape index (κ2) is 6.72. The molecule has 1 unspecified atom stereocenters. The van der Waals surface area contributed by atoms with Crippen LogP contribution in [0.2, 0.25) is 0 Å². The van der Waals surface area contributed by atoms with Gasteiger partial charge in [-0.1, -0.05) is 32.4 Å². The molecule has 1 rings (SSSR count). The van der Waals surface area contributed by atoms with E-state index in [4.69, 9.17) is 5.11 Å². The number of aliphatic carboxylic acids is 1. The average molecular weight is 361 g/mol. The Morgan fingerprint density at radius 3 is 2.50 bits per heavy atom. The van der Waals surface area contributed by atoms with Gasteiger partial charge in [0.1, 0.15) is 6.04 Å². The normalized spacial score (nSPS) is 13.7. The standard InChI is InChI=1S/C13H16INO3/c1-3-8(2)11(13(17)18)15-12(16)9-6-4-5-7-10(9)14/h4-8,11H,3H2,1-2H3,(H,15,16)(H,17,18)/t8?,11-/m0/s1. The van der Waals surface area contributed by atoms with Crippen molar-refractivity contribution in [3.63, 3.8) is 0 Å². The molecule has 18 heavy (non-hydrogen) atoms. The van der Waals surface area contributed by atoms with Gasteiger partial charge in [-0.2, -0.15) is 0 Å². The summed E-state index contributed by atoms with van der Waals surface area (Å²) in [6.45, 7) is 3.72. The number of carboxylic acids is 1. The number of hydrogen-bond acceptors (Lipinski definition) is 2. The maximum absolute atomic E-state index is 12.0. The quantitative estimate of drug-likeness (QED) is 0.793. The summed E-state index contributed by atoms with van der Waals surface area (Å²) < 4.78 is 0.806. The van der Waals surface area contributed by atoms with E-state index in [1.807, 2.05) is 26.0 Å². The van der Waals surface area contributed by atoms with Crippen LogP contribution in [0.4, 0.5) is 0 Å². The van der Waals surface area contributed by atoms with E-state index in [9.17, 15) is 9.59 Å². The molecular weight excluding hydrogens is 345 g/mol. The van der Waals surface area contributed by atoms with Crippen molar-refractivity contribution in [1.82, 2.24) is 5.32 Å². The summed E-state index contributed by atoms with van der Waals surface area (Å²) in [5, 5.41) is 11.7. The zero-order valence-corrected chi connectivity index (χ0v) is 12.5. The van der Waals surface area contributed by atoms with E-state index in [0.29, 0.717) is 12.0 Å². The van der Waals surface area contributed by atoms with E-state index in [1.54, 1.807) is 12.1 Å². The Kier molecular flexibility index (Phi) is 5.58. The van der Waals surface area contributed by atoms with Crippen molar-refractivity contribution in [2.75, 3.05) is 0 Å². The molecule has 4 nitrogen and oxygen atoms in total. The molecule has 0 spiro atoms. The van der Waals surface area contributed by atoms with E-state index < -0.39 is 12.0 Å². The molecule has 0 aromatic heterocycles. The van der Waals surface area contributed by atoms with Crippen LogP contribution < -0.4 is 5.32 Å². The van der Waals surface area contributed by atoms with E-state index in [1.165, 1.54) is 0 Å². The van der Waals surface area contributed by atoms with Crippen LogP contribution in [0.1, 0.15) is 30.6 Å². The van der Waals surface area contributed by atoms with Crippen molar-refractivity contribution < 1.29 is 14.7 Å². The number of nitrogens with one attached hydrogen (secondary N) is 1. The molecule has 1 aromatic rings. The highest BCUT2D eigenvalue weighted by Crippen LogP contribution is 2.13. The largest absolute Gasteiger partial charge is 0.480 e. The predicted molar refractivity (Wildman–Crippen MR) is 77.5 cm³/mol. The van der Waals surface area contributed by atoms with Crippen molar-refractivity contribution >= 4 is 34.5 Å². The lowest BCUT2D eigenvalue weighted by molar-refractivity contribution is -0.140. The van der Waals surface area contributed by atoms with Crippen LogP contribution in [0.5, 0.6) is 0 Å². The first-order valence-electron chi connectivity index (χ1n) is 5.75. The number of hydrogen-bond donors (Lipinski definition) is 2. The number of halogens is 1. The number of carbonyl (C=O) groups is 2. The van der Waals surface area contributed by atoms with Crippen molar-refractivity contribution in [3.8, 4) is 0 Å². The second-order valence-corrected chi connectivity index (χ2v) is 5.32. The van der Waals surface area contributed by atoms with Gasteiger partial charge in [0.15, 0.2) is 0 Å². The van der Waals surface area contributed by atoms with E-state index >= 15 is 0 Å². The molecule has 0 saturated heterocycles. The smallest absolute Gasteiger partial charge is 0.326 e. The highest BCUT2D eigenvalue weighted by molar-refractivity contribution is 14.1. The van der Waals surface area contributed by atoms with Crippen LogP contribution in [0.15, 0.2) is 24.3 Å². The monoisotopic (exact) mass is 361 g/mol. The zero-order chi connectivity index (χ0) is 13.7. The minimum atomic E-state index is -0.997. The van der Waals surface area contributed by atoms with Crippen LogP contribution in [-0.4, -0.2) is 23.0 Å². The summed E-state index contributed by atoms with van der Waals surface area (Å²) >= 11 is 2.06. The predicted octanol–water partition coefficient (Wildman–Crippen LogP) is 2.52. The average Bonchev–Trinajstić information content (AvgIpc) is 2.35. The molecule has 1 aromatic carbocycles. The summed E-state index contributed by atoms with van der Waals surface area (Å²) in [7, 11) is 0. The summed E-state index contributed by atoms with van der Waals surface area (Å²) in [4.78, 5) is 23.2. The molecule has 0 fully saturated rings. The molecule has 0 saturated carbocycles. The van der Waals surface area contributed by atoms with E-state index in [2.05, 4.69) is 27.9 Å². The van der Waals surface area contributed by atoms with Crippen molar-refractivity contribution in [3.05, 3.63) is 33.4 Å². The molecule has 0 radical (unpaired) electrons. The van der Waals surface area contributed by atoms with Gasteiger partial charge < -0.3 is 10.4 Å². The van der Waals surface area contributed by atoms with Gasteiger partial charge in [0, 0.05) is 3.57 Å². The van der Waals surface area contributed by atoms with E-state index in [-0.39, 0.29) is 11.8 Å². The Balaban J connectivity index is 2.86. The summed E-state index contributed by atoms with van der Waals surface area (Å²) in [5.74, 6) is -1.44. The number of carboxylic acid groups (broad SMARTS) is 1. The minimum Gasteiger partial charge on any atom is -0.480 e.